The van der Waals surface area contributed by atoms with E-state index in [2.05, 4.69) is 39.1 Å². The second-order valence-electron chi connectivity index (χ2n) is 5.08. The van der Waals surface area contributed by atoms with Gasteiger partial charge in [0, 0.05) is 12.2 Å². The number of hydrogen-bond acceptors (Lipinski definition) is 3. The Morgan fingerprint density at radius 2 is 1.94 bits per heavy atom. The van der Waals surface area contributed by atoms with Crippen LogP contribution in [-0.2, 0) is 0 Å². The first kappa shape index (κ1) is 14.8. The Balaban J connectivity index is 2.80. The lowest BCUT2D eigenvalue weighted by molar-refractivity contribution is 0.411. The lowest BCUT2D eigenvalue weighted by atomic mass is 10.0. The van der Waals surface area contributed by atoms with E-state index >= 15 is 0 Å². The van der Waals surface area contributed by atoms with Gasteiger partial charge in [-0.05, 0) is 62.4 Å². The first-order valence-corrected chi connectivity index (χ1v) is 6.60. The molecule has 1 rings (SSSR count). The molecular formula is C15H26N2O. The van der Waals surface area contributed by atoms with Gasteiger partial charge in [0.15, 0.2) is 0 Å². The first-order valence-electron chi connectivity index (χ1n) is 6.60. The van der Waals surface area contributed by atoms with Gasteiger partial charge < -0.3 is 15.8 Å². The number of nitrogens with two attached hydrogens (primary N) is 1. The van der Waals surface area contributed by atoms with Crippen LogP contribution in [0.3, 0.4) is 0 Å². The van der Waals surface area contributed by atoms with Crippen LogP contribution in [0.5, 0.6) is 5.75 Å². The molecule has 18 heavy (non-hydrogen) atoms. The molecule has 0 aliphatic rings. The van der Waals surface area contributed by atoms with Crippen LogP contribution in [0.4, 0.5) is 5.69 Å². The molecule has 0 heterocycles. The van der Waals surface area contributed by atoms with E-state index in [1.165, 1.54) is 22.4 Å². The summed E-state index contributed by atoms with van der Waals surface area (Å²) in [5, 5.41) is 3.53. The van der Waals surface area contributed by atoms with Crippen LogP contribution >= 0.6 is 0 Å². The fraction of sp³-hybridized carbons (Fsp3) is 0.600. The van der Waals surface area contributed by atoms with E-state index in [0.29, 0.717) is 5.92 Å². The standard InChI is InChI=1S/C15H26N2O/c1-10(9-16)6-7-17-15-11(2)8-14(18-5)12(3)13(15)4/h8,10,17H,6-7,9,16H2,1-5H3. The molecule has 0 aliphatic heterocycles. The average molecular weight is 250 g/mol. The minimum absolute atomic E-state index is 0.567. The Labute approximate surface area is 111 Å². The van der Waals surface area contributed by atoms with Crippen molar-refractivity contribution in [3.05, 3.63) is 22.8 Å². The van der Waals surface area contributed by atoms with Gasteiger partial charge in [-0.25, -0.2) is 0 Å². The Kier molecular flexibility index (Phi) is 5.48. The highest BCUT2D eigenvalue weighted by Gasteiger charge is 2.10. The van der Waals surface area contributed by atoms with E-state index in [1.807, 2.05) is 0 Å². The van der Waals surface area contributed by atoms with Crippen molar-refractivity contribution in [2.75, 3.05) is 25.5 Å². The van der Waals surface area contributed by atoms with Gasteiger partial charge in [0.2, 0.25) is 0 Å². The van der Waals surface area contributed by atoms with E-state index in [4.69, 9.17) is 10.5 Å². The van der Waals surface area contributed by atoms with Gasteiger partial charge in [0.05, 0.1) is 7.11 Å². The zero-order chi connectivity index (χ0) is 13.7. The van der Waals surface area contributed by atoms with Gasteiger partial charge in [-0.1, -0.05) is 6.92 Å². The average Bonchev–Trinajstić information content (AvgIpc) is 2.37. The summed E-state index contributed by atoms with van der Waals surface area (Å²) in [4.78, 5) is 0. The molecule has 0 aromatic heterocycles. The predicted octanol–water partition coefficient (Wildman–Crippen LogP) is 3.02. The van der Waals surface area contributed by atoms with Crippen molar-refractivity contribution in [2.24, 2.45) is 11.7 Å². The van der Waals surface area contributed by atoms with Gasteiger partial charge in [-0.3, -0.25) is 0 Å². The lowest BCUT2D eigenvalue weighted by Gasteiger charge is -2.18. The summed E-state index contributed by atoms with van der Waals surface area (Å²) < 4.78 is 5.38. The van der Waals surface area contributed by atoms with Crippen LogP contribution in [0.1, 0.15) is 30.0 Å². The smallest absolute Gasteiger partial charge is 0.122 e. The fourth-order valence-corrected chi connectivity index (χ4v) is 2.09. The zero-order valence-corrected chi connectivity index (χ0v) is 12.3. The van der Waals surface area contributed by atoms with E-state index in [0.717, 1.165) is 25.3 Å². The van der Waals surface area contributed by atoms with Crippen molar-refractivity contribution >= 4 is 5.69 Å². The molecule has 3 nitrogen and oxygen atoms in total. The van der Waals surface area contributed by atoms with Gasteiger partial charge in [0.1, 0.15) is 5.75 Å². The van der Waals surface area contributed by atoms with Crippen molar-refractivity contribution in [2.45, 2.75) is 34.1 Å². The first-order chi connectivity index (χ1) is 8.51. The third-order valence-electron chi connectivity index (χ3n) is 3.61. The summed E-state index contributed by atoms with van der Waals surface area (Å²) in [6.07, 6.45) is 1.10. The molecule has 1 atom stereocenters. The molecule has 0 radical (unpaired) electrons. The zero-order valence-electron chi connectivity index (χ0n) is 12.3. The van der Waals surface area contributed by atoms with Gasteiger partial charge >= 0.3 is 0 Å². The molecular weight excluding hydrogens is 224 g/mol. The molecule has 3 N–H and O–H groups in total. The number of anilines is 1. The van der Waals surface area contributed by atoms with Crippen molar-refractivity contribution < 1.29 is 4.74 Å². The molecule has 3 heteroatoms. The van der Waals surface area contributed by atoms with Gasteiger partial charge in [0.25, 0.3) is 0 Å². The van der Waals surface area contributed by atoms with Crippen LogP contribution < -0.4 is 15.8 Å². The maximum Gasteiger partial charge on any atom is 0.122 e. The normalized spacial score (nSPS) is 12.3. The summed E-state index contributed by atoms with van der Waals surface area (Å²) >= 11 is 0. The van der Waals surface area contributed by atoms with Crippen LogP contribution in [0.25, 0.3) is 0 Å². The molecule has 0 saturated heterocycles. The highest BCUT2D eigenvalue weighted by atomic mass is 16.5. The third-order valence-corrected chi connectivity index (χ3v) is 3.61. The summed E-state index contributed by atoms with van der Waals surface area (Å²) in [5.74, 6) is 1.53. The lowest BCUT2D eigenvalue weighted by Crippen LogP contribution is -2.15. The molecule has 0 saturated carbocycles. The maximum absolute atomic E-state index is 5.63. The topological polar surface area (TPSA) is 47.3 Å². The van der Waals surface area contributed by atoms with Gasteiger partial charge in [-0.15, -0.1) is 0 Å². The Bertz CT molecular complexity index is 402. The highest BCUT2D eigenvalue weighted by molar-refractivity contribution is 5.63. The summed E-state index contributed by atoms with van der Waals surface area (Å²) in [6.45, 7) is 10.2. The summed E-state index contributed by atoms with van der Waals surface area (Å²) in [5.41, 5.74) is 10.6. The largest absolute Gasteiger partial charge is 0.496 e. The molecule has 0 bridgehead atoms. The second kappa shape index (κ2) is 6.64. The number of rotatable bonds is 6. The van der Waals surface area contributed by atoms with E-state index in [1.54, 1.807) is 7.11 Å². The number of aryl methyl sites for hydroxylation is 1. The molecule has 0 amide bonds. The van der Waals surface area contributed by atoms with Crippen LogP contribution in [0.15, 0.2) is 6.07 Å². The SMILES string of the molecule is COc1cc(C)c(NCCC(C)CN)c(C)c1C. The molecule has 102 valence electrons. The van der Waals surface area contributed by atoms with Crippen LogP contribution in [-0.4, -0.2) is 20.2 Å². The van der Waals surface area contributed by atoms with E-state index in [-0.39, 0.29) is 0 Å². The number of benzene rings is 1. The van der Waals surface area contributed by atoms with Crippen molar-refractivity contribution in [1.29, 1.82) is 0 Å². The summed E-state index contributed by atoms with van der Waals surface area (Å²) in [7, 11) is 1.72. The summed E-state index contributed by atoms with van der Waals surface area (Å²) in [6, 6.07) is 2.09. The van der Waals surface area contributed by atoms with Crippen molar-refractivity contribution in [3.8, 4) is 5.75 Å². The maximum atomic E-state index is 5.63. The molecule has 1 aromatic carbocycles. The van der Waals surface area contributed by atoms with E-state index in [9.17, 15) is 0 Å². The predicted molar refractivity (Wildman–Crippen MR) is 78.5 cm³/mol. The van der Waals surface area contributed by atoms with E-state index < -0.39 is 0 Å². The molecule has 1 unspecified atom stereocenters. The highest BCUT2D eigenvalue weighted by Crippen LogP contribution is 2.31. The van der Waals surface area contributed by atoms with Crippen molar-refractivity contribution in [3.63, 3.8) is 0 Å². The second-order valence-corrected chi connectivity index (χ2v) is 5.08. The molecule has 0 fully saturated rings. The minimum atomic E-state index is 0.567. The Hall–Kier alpha value is -1.22. The number of ether oxygens (including phenoxy) is 1. The van der Waals surface area contributed by atoms with Gasteiger partial charge in [-0.2, -0.15) is 0 Å². The Morgan fingerprint density at radius 3 is 2.50 bits per heavy atom. The third kappa shape index (κ3) is 3.39. The molecule has 1 aromatic rings. The number of hydrogen-bond donors (Lipinski definition) is 2. The fourth-order valence-electron chi connectivity index (χ4n) is 2.09. The molecule has 0 aliphatic carbocycles. The number of methoxy groups -OCH3 is 1. The van der Waals surface area contributed by atoms with Crippen LogP contribution in [0.2, 0.25) is 0 Å². The molecule has 0 spiro atoms. The Morgan fingerprint density at radius 1 is 1.28 bits per heavy atom. The quantitative estimate of drug-likeness (QED) is 0.816. The van der Waals surface area contributed by atoms with Crippen molar-refractivity contribution in [1.82, 2.24) is 0 Å². The van der Waals surface area contributed by atoms with Crippen LogP contribution in [0, 0.1) is 26.7 Å². The number of nitrogens with one attached hydrogen (secondary N) is 1. The minimum Gasteiger partial charge on any atom is -0.496 e. The monoisotopic (exact) mass is 250 g/mol.